The summed E-state index contributed by atoms with van der Waals surface area (Å²) in [6, 6.07) is 3.84. The van der Waals surface area contributed by atoms with Crippen LogP contribution in [-0.2, 0) is 0 Å². The molecule has 1 aliphatic heterocycles. The van der Waals surface area contributed by atoms with E-state index in [1.54, 1.807) is 0 Å². The summed E-state index contributed by atoms with van der Waals surface area (Å²) in [4.78, 5) is 5.13. The van der Waals surface area contributed by atoms with Gasteiger partial charge >= 0.3 is 0 Å². The highest BCUT2D eigenvalue weighted by molar-refractivity contribution is 5.09. The van der Waals surface area contributed by atoms with Crippen molar-refractivity contribution in [2.45, 2.75) is 70.5 Å². The van der Waals surface area contributed by atoms with Gasteiger partial charge in [-0.2, -0.15) is 5.26 Å². The van der Waals surface area contributed by atoms with Gasteiger partial charge in [0.15, 0.2) is 0 Å². The molecule has 1 saturated heterocycles. The monoisotopic (exact) mass is 292 g/mol. The summed E-state index contributed by atoms with van der Waals surface area (Å²) < 4.78 is 0. The highest BCUT2D eigenvalue weighted by Gasteiger charge is 2.34. The lowest BCUT2D eigenvalue weighted by Crippen LogP contribution is -2.52. The summed E-state index contributed by atoms with van der Waals surface area (Å²) in [5.41, 5.74) is -0.280. The Morgan fingerprint density at radius 2 is 2.05 bits per heavy atom. The normalized spacial score (nSPS) is 27.2. The van der Waals surface area contributed by atoms with Gasteiger partial charge in [-0.15, -0.1) is 0 Å². The lowest BCUT2D eigenvalue weighted by molar-refractivity contribution is 0.0856. The predicted molar refractivity (Wildman–Crippen MR) is 87.2 cm³/mol. The number of likely N-dealkylation sites (N-methyl/N-ethyl adjacent to an activating group) is 1. The number of hydrogen-bond donors (Lipinski definition) is 1. The number of hydrogen-bond acceptors (Lipinski definition) is 4. The number of piperazine rings is 1. The predicted octanol–water partition coefficient (Wildman–Crippen LogP) is 2.22. The molecule has 120 valence electrons. The number of rotatable bonds is 8. The average molecular weight is 292 g/mol. The summed E-state index contributed by atoms with van der Waals surface area (Å²) in [6.07, 6.45) is 5.53. The van der Waals surface area contributed by atoms with Gasteiger partial charge in [-0.1, -0.05) is 13.8 Å². The summed E-state index contributed by atoms with van der Waals surface area (Å²) in [5, 5.41) is 13.1. The van der Waals surface area contributed by atoms with Crippen molar-refractivity contribution in [1.82, 2.24) is 15.1 Å². The van der Waals surface area contributed by atoms with Crippen LogP contribution in [0.2, 0.25) is 0 Å². The van der Waals surface area contributed by atoms with Crippen molar-refractivity contribution in [3.8, 4) is 6.07 Å². The van der Waals surface area contributed by atoms with Gasteiger partial charge in [0.25, 0.3) is 0 Å². The Morgan fingerprint density at radius 3 is 2.57 bits per heavy atom. The van der Waals surface area contributed by atoms with E-state index in [0.717, 1.165) is 32.4 Å². The van der Waals surface area contributed by atoms with Crippen LogP contribution in [0, 0.1) is 11.3 Å². The first-order valence-corrected chi connectivity index (χ1v) is 8.78. The molecule has 2 rings (SSSR count). The minimum absolute atomic E-state index is 0.280. The molecule has 4 heteroatoms. The number of nitrogens with one attached hydrogen (secondary N) is 1. The molecule has 21 heavy (non-hydrogen) atoms. The molecule has 0 aromatic rings. The quantitative estimate of drug-likeness (QED) is 0.745. The smallest absolute Gasteiger partial charge is 0.106 e. The number of nitrogens with zero attached hydrogens (tertiary/aromatic N) is 3. The Hall–Kier alpha value is -0.630. The van der Waals surface area contributed by atoms with E-state index in [2.05, 4.69) is 42.0 Å². The zero-order valence-corrected chi connectivity index (χ0v) is 14.1. The largest absolute Gasteiger partial charge is 0.301 e. The minimum Gasteiger partial charge on any atom is -0.301 e. The van der Waals surface area contributed by atoms with Crippen molar-refractivity contribution in [2.24, 2.45) is 0 Å². The molecule has 2 fully saturated rings. The zero-order valence-electron chi connectivity index (χ0n) is 14.1. The Bertz CT molecular complexity index is 360. The van der Waals surface area contributed by atoms with Gasteiger partial charge in [0.2, 0.25) is 0 Å². The molecule has 2 atom stereocenters. The number of nitriles is 1. The molecular formula is C17H32N4. The van der Waals surface area contributed by atoms with Gasteiger partial charge in [0.1, 0.15) is 5.54 Å². The van der Waals surface area contributed by atoms with E-state index >= 15 is 0 Å². The van der Waals surface area contributed by atoms with Gasteiger partial charge in [-0.3, -0.25) is 10.2 Å². The van der Waals surface area contributed by atoms with Crippen molar-refractivity contribution < 1.29 is 0 Å². The minimum atomic E-state index is -0.280. The van der Waals surface area contributed by atoms with E-state index in [1.807, 2.05) is 0 Å². The lowest BCUT2D eigenvalue weighted by Gasteiger charge is -2.39. The van der Waals surface area contributed by atoms with Crippen LogP contribution in [0.25, 0.3) is 0 Å². The molecule has 0 amide bonds. The van der Waals surface area contributed by atoms with Gasteiger partial charge < -0.3 is 4.90 Å². The molecule has 0 aromatic carbocycles. The van der Waals surface area contributed by atoms with E-state index in [9.17, 15) is 5.26 Å². The van der Waals surface area contributed by atoms with Crippen molar-refractivity contribution >= 4 is 0 Å². The van der Waals surface area contributed by atoms with E-state index in [-0.39, 0.29) is 5.54 Å². The second-order valence-electron chi connectivity index (χ2n) is 6.85. The van der Waals surface area contributed by atoms with Gasteiger partial charge in [-0.25, -0.2) is 0 Å². The van der Waals surface area contributed by atoms with Gasteiger partial charge in [0.05, 0.1) is 6.07 Å². The molecule has 4 nitrogen and oxygen atoms in total. The topological polar surface area (TPSA) is 42.3 Å². The second-order valence-corrected chi connectivity index (χ2v) is 6.85. The fourth-order valence-electron chi connectivity index (χ4n) is 3.48. The first-order chi connectivity index (χ1) is 10.1. The van der Waals surface area contributed by atoms with E-state index < -0.39 is 0 Å². The third-order valence-electron chi connectivity index (χ3n) is 5.21. The Kier molecular flexibility index (Phi) is 6.04. The van der Waals surface area contributed by atoms with Crippen LogP contribution in [0.5, 0.6) is 0 Å². The van der Waals surface area contributed by atoms with Crippen LogP contribution in [0.4, 0.5) is 0 Å². The van der Waals surface area contributed by atoms with Crippen LogP contribution in [-0.4, -0.2) is 60.1 Å². The molecule has 0 spiro atoms. The van der Waals surface area contributed by atoms with Crippen molar-refractivity contribution in [2.75, 3.05) is 32.7 Å². The third kappa shape index (κ3) is 4.67. The van der Waals surface area contributed by atoms with Crippen LogP contribution in [0.1, 0.15) is 52.9 Å². The molecule has 1 N–H and O–H groups in total. The van der Waals surface area contributed by atoms with Crippen LogP contribution >= 0.6 is 0 Å². The summed E-state index contributed by atoms with van der Waals surface area (Å²) >= 11 is 0. The second kappa shape index (κ2) is 7.58. The standard InChI is InChI=1S/C17H32N4/c1-4-17(14-18,19-16-7-8-16)9-6-10-20-11-12-21(5-2)15(3)13-20/h15-16,19H,4-13H2,1-3H3. The Labute approximate surface area is 130 Å². The maximum Gasteiger partial charge on any atom is 0.106 e. The Morgan fingerprint density at radius 1 is 1.29 bits per heavy atom. The summed E-state index contributed by atoms with van der Waals surface area (Å²) in [7, 11) is 0. The average Bonchev–Trinajstić information content (AvgIpc) is 3.30. The highest BCUT2D eigenvalue weighted by atomic mass is 15.3. The molecule has 2 aliphatic rings. The first-order valence-electron chi connectivity index (χ1n) is 8.78. The maximum absolute atomic E-state index is 9.57. The molecule has 1 aliphatic carbocycles. The fraction of sp³-hybridized carbons (Fsp3) is 0.941. The first kappa shape index (κ1) is 16.7. The van der Waals surface area contributed by atoms with Crippen molar-refractivity contribution in [3.05, 3.63) is 0 Å². The van der Waals surface area contributed by atoms with E-state index in [4.69, 9.17) is 0 Å². The molecular weight excluding hydrogens is 260 g/mol. The van der Waals surface area contributed by atoms with E-state index in [1.165, 1.54) is 32.5 Å². The van der Waals surface area contributed by atoms with Gasteiger partial charge in [0, 0.05) is 31.7 Å². The lowest BCUT2D eigenvalue weighted by atomic mass is 9.91. The molecule has 1 heterocycles. The molecule has 1 saturated carbocycles. The SMILES string of the molecule is CCN1CCN(CCCC(C#N)(CC)NC2CC2)CC1C. The highest BCUT2D eigenvalue weighted by Crippen LogP contribution is 2.26. The van der Waals surface area contributed by atoms with Crippen LogP contribution in [0.15, 0.2) is 0 Å². The summed E-state index contributed by atoms with van der Waals surface area (Å²) in [5.74, 6) is 0. The van der Waals surface area contributed by atoms with Crippen molar-refractivity contribution in [3.63, 3.8) is 0 Å². The molecule has 0 radical (unpaired) electrons. The molecule has 2 unspecified atom stereocenters. The molecule has 0 aromatic heterocycles. The van der Waals surface area contributed by atoms with Crippen LogP contribution in [0.3, 0.4) is 0 Å². The third-order valence-corrected chi connectivity index (χ3v) is 5.21. The Balaban J connectivity index is 1.73. The van der Waals surface area contributed by atoms with Crippen molar-refractivity contribution in [1.29, 1.82) is 5.26 Å². The van der Waals surface area contributed by atoms with Crippen LogP contribution < -0.4 is 5.32 Å². The van der Waals surface area contributed by atoms with E-state index in [0.29, 0.717) is 12.1 Å². The summed E-state index contributed by atoms with van der Waals surface area (Å²) in [6.45, 7) is 12.6. The zero-order chi connectivity index (χ0) is 15.3. The fourth-order valence-corrected chi connectivity index (χ4v) is 3.48. The molecule has 0 bridgehead atoms. The maximum atomic E-state index is 9.57. The van der Waals surface area contributed by atoms with Gasteiger partial charge in [-0.05, 0) is 52.1 Å².